The molecule has 0 aliphatic heterocycles. The molecule has 1 N–H and O–H groups in total. The third kappa shape index (κ3) is 2.13. The first-order valence-electron chi connectivity index (χ1n) is 7.24. The third-order valence-corrected chi connectivity index (χ3v) is 5.03. The maximum atomic E-state index is 11.2. The van der Waals surface area contributed by atoms with Gasteiger partial charge < -0.3 is 5.11 Å². The van der Waals surface area contributed by atoms with Crippen molar-refractivity contribution in [2.45, 2.75) is 0 Å². The summed E-state index contributed by atoms with van der Waals surface area (Å²) in [5, 5.41) is 20.4. The van der Waals surface area contributed by atoms with Crippen LogP contribution in [0.4, 0.5) is 0 Å². The molecule has 0 radical (unpaired) electrons. The van der Waals surface area contributed by atoms with E-state index in [1.54, 1.807) is 6.07 Å². The highest BCUT2D eigenvalue weighted by Gasteiger charge is 2.15. The van der Waals surface area contributed by atoms with E-state index in [-0.39, 0.29) is 5.01 Å². The Hall–Kier alpha value is -3.23. The topological polar surface area (TPSA) is 74.0 Å². The lowest BCUT2D eigenvalue weighted by Crippen LogP contribution is -1.93. The molecule has 0 aliphatic rings. The van der Waals surface area contributed by atoms with E-state index in [9.17, 15) is 15.2 Å². The summed E-state index contributed by atoms with van der Waals surface area (Å²) in [4.78, 5) is 15.4. The molecule has 0 bridgehead atoms. The molecule has 0 spiro atoms. The molecule has 4 rings (SSSR count). The first-order chi connectivity index (χ1) is 11.7. The third-order valence-electron chi connectivity index (χ3n) is 3.93. The van der Waals surface area contributed by atoms with E-state index in [2.05, 4.69) is 11.1 Å². The monoisotopic (exact) mass is 330 g/mol. The number of rotatable bonds is 2. The molecule has 4 nitrogen and oxygen atoms in total. The van der Waals surface area contributed by atoms with Gasteiger partial charge in [-0.1, -0.05) is 42.5 Å². The molecule has 1 aromatic heterocycles. The fraction of sp³-hybridized carbons (Fsp3) is 0. The number of nitrogens with zero attached hydrogens (tertiary/aromatic N) is 2. The highest BCUT2D eigenvalue weighted by Crippen LogP contribution is 2.37. The Morgan fingerprint density at radius 1 is 1.00 bits per heavy atom. The number of carboxylic acids is 1. The number of carbonyl (C=O) groups is 1. The average molecular weight is 330 g/mol. The number of aromatic carboxylic acids is 1. The van der Waals surface area contributed by atoms with Gasteiger partial charge in [0.25, 0.3) is 0 Å². The summed E-state index contributed by atoms with van der Waals surface area (Å²) in [6, 6.07) is 19.3. The summed E-state index contributed by atoms with van der Waals surface area (Å²) in [6.45, 7) is 0. The van der Waals surface area contributed by atoms with Crippen molar-refractivity contribution in [3.05, 3.63) is 65.2 Å². The normalized spacial score (nSPS) is 10.8. The predicted molar refractivity (Wildman–Crippen MR) is 94.2 cm³/mol. The number of hydrogen-bond acceptors (Lipinski definition) is 4. The van der Waals surface area contributed by atoms with Crippen molar-refractivity contribution in [2.75, 3.05) is 0 Å². The smallest absolute Gasteiger partial charge is 0.365 e. The van der Waals surface area contributed by atoms with Crippen LogP contribution in [-0.2, 0) is 0 Å². The quantitative estimate of drug-likeness (QED) is 0.579. The minimum Gasteiger partial charge on any atom is -0.476 e. The van der Waals surface area contributed by atoms with Gasteiger partial charge in [-0.25, -0.2) is 9.78 Å². The molecule has 0 saturated heterocycles. The fourth-order valence-corrected chi connectivity index (χ4v) is 3.81. The summed E-state index contributed by atoms with van der Waals surface area (Å²) in [7, 11) is 0. The number of thiazole rings is 1. The summed E-state index contributed by atoms with van der Waals surface area (Å²) >= 11 is 1.17. The lowest BCUT2D eigenvalue weighted by molar-refractivity contribution is 0.0696. The van der Waals surface area contributed by atoms with Crippen LogP contribution in [0.3, 0.4) is 0 Å². The molecule has 24 heavy (non-hydrogen) atoms. The van der Waals surface area contributed by atoms with E-state index in [0.29, 0.717) is 11.1 Å². The standard InChI is InChI=1S/C19H10N2O2S/c20-10-11-8-9-14(13-5-2-1-4-12(11)13)15-6-3-7-16-17(15)24-18(21-16)19(22)23/h1-9H,(H,22,23). The van der Waals surface area contributed by atoms with Crippen LogP contribution in [0.2, 0.25) is 0 Å². The van der Waals surface area contributed by atoms with Gasteiger partial charge >= 0.3 is 5.97 Å². The van der Waals surface area contributed by atoms with E-state index >= 15 is 0 Å². The molecule has 0 fully saturated rings. The molecule has 0 amide bonds. The molecule has 0 aliphatic carbocycles. The largest absolute Gasteiger partial charge is 0.476 e. The molecule has 5 heteroatoms. The zero-order valence-corrected chi connectivity index (χ0v) is 13.2. The Kier molecular flexibility index (Phi) is 3.26. The second-order valence-corrected chi connectivity index (χ2v) is 6.30. The molecule has 114 valence electrons. The molecule has 4 aromatic rings. The first kappa shape index (κ1) is 14.4. The van der Waals surface area contributed by atoms with E-state index in [0.717, 1.165) is 26.6 Å². The van der Waals surface area contributed by atoms with Crippen LogP contribution in [0.25, 0.3) is 32.1 Å². The number of benzene rings is 3. The molecular weight excluding hydrogens is 320 g/mol. The lowest BCUT2D eigenvalue weighted by Gasteiger charge is -2.09. The van der Waals surface area contributed by atoms with Crippen LogP contribution >= 0.6 is 11.3 Å². The van der Waals surface area contributed by atoms with E-state index in [1.165, 1.54) is 11.3 Å². The molecular formula is C19H10N2O2S. The Balaban J connectivity index is 2.07. The molecule has 3 aromatic carbocycles. The van der Waals surface area contributed by atoms with E-state index in [4.69, 9.17) is 0 Å². The molecule has 0 unspecified atom stereocenters. The fourth-order valence-electron chi connectivity index (χ4n) is 2.88. The highest BCUT2D eigenvalue weighted by molar-refractivity contribution is 7.20. The van der Waals surface area contributed by atoms with Crippen molar-refractivity contribution in [3.63, 3.8) is 0 Å². The predicted octanol–water partition coefficient (Wildman–Crippen LogP) is 4.69. The van der Waals surface area contributed by atoms with Crippen LogP contribution in [0, 0.1) is 11.3 Å². The highest BCUT2D eigenvalue weighted by atomic mass is 32.1. The molecule has 1 heterocycles. The van der Waals surface area contributed by atoms with Gasteiger partial charge in [-0.05, 0) is 23.1 Å². The second-order valence-electron chi connectivity index (χ2n) is 5.30. The molecule has 0 saturated carbocycles. The number of hydrogen-bond donors (Lipinski definition) is 1. The van der Waals surface area contributed by atoms with Crippen LogP contribution in [0.5, 0.6) is 0 Å². The zero-order chi connectivity index (χ0) is 16.7. The van der Waals surface area contributed by atoms with Gasteiger partial charge in [0.1, 0.15) is 0 Å². The number of aromatic nitrogens is 1. The first-order valence-corrected chi connectivity index (χ1v) is 8.06. The van der Waals surface area contributed by atoms with Crippen LogP contribution in [0.1, 0.15) is 15.4 Å². The van der Waals surface area contributed by atoms with Gasteiger partial charge in [-0.15, -0.1) is 11.3 Å². The van der Waals surface area contributed by atoms with Gasteiger partial charge in [-0.2, -0.15) is 5.26 Å². The lowest BCUT2D eigenvalue weighted by atomic mass is 9.95. The average Bonchev–Trinajstić information content (AvgIpc) is 3.05. The minimum absolute atomic E-state index is 0.0791. The Bertz CT molecular complexity index is 1160. The second kappa shape index (κ2) is 5.44. The maximum Gasteiger partial charge on any atom is 0.365 e. The van der Waals surface area contributed by atoms with Crippen molar-refractivity contribution in [1.82, 2.24) is 4.98 Å². The van der Waals surface area contributed by atoms with Gasteiger partial charge in [0, 0.05) is 10.9 Å². The van der Waals surface area contributed by atoms with Gasteiger partial charge in [0.15, 0.2) is 0 Å². The Morgan fingerprint density at radius 3 is 2.54 bits per heavy atom. The van der Waals surface area contributed by atoms with Gasteiger partial charge in [0.05, 0.1) is 21.8 Å². The van der Waals surface area contributed by atoms with Crippen LogP contribution < -0.4 is 0 Å². The van der Waals surface area contributed by atoms with Crippen molar-refractivity contribution >= 4 is 38.3 Å². The van der Waals surface area contributed by atoms with Crippen LogP contribution in [0.15, 0.2) is 54.6 Å². The number of fused-ring (bicyclic) bond motifs is 2. The summed E-state index contributed by atoms with van der Waals surface area (Å²) in [5.74, 6) is -1.02. The van der Waals surface area contributed by atoms with Crippen molar-refractivity contribution in [1.29, 1.82) is 5.26 Å². The Labute approximate surface area is 141 Å². The van der Waals surface area contributed by atoms with Crippen molar-refractivity contribution in [3.8, 4) is 17.2 Å². The van der Waals surface area contributed by atoms with E-state index in [1.807, 2.05) is 48.5 Å². The summed E-state index contributed by atoms with van der Waals surface area (Å²) in [6.07, 6.45) is 0. The van der Waals surface area contributed by atoms with E-state index < -0.39 is 5.97 Å². The van der Waals surface area contributed by atoms with Crippen molar-refractivity contribution in [2.24, 2.45) is 0 Å². The minimum atomic E-state index is -1.02. The molecule has 0 atom stereocenters. The maximum absolute atomic E-state index is 11.2. The van der Waals surface area contributed by atoms with Gasteiger partial charge in [0.2, 0.25) is 5.01 Å². The number of carboxylic acid groups (broad SMARTS) is 1. The summed E-state index contributed by atoms with van der Waals surface area (Å²) in [5.41, 5.74) is 3.19. The number of nitriles is 1. The van der Waals surface area contributed by atoms with Crippen LogP contribution in [-0.4, -0.2) is 16.1 Å². The summed E-state index contributed by atoms with van der Waals surface area (Å²) < 4.78 is 0.838. The van der Waals surface area contributed by atoms with Gasteiger partial charge in [-0.3, -0.25) is 0 Å². The SMILES string of the molecule is N#Cc1ccc(-c2cccc3nc(C(=O)O)sc23)c2ccccc12. The Morgan fingerprint density at radius 2 is 1.79 bits per heavy atom. The van der Waals surface area contributed by atoms with Crippen molar-refractivity contribution < 1.29 is 9.90 Å². The zero-order valence-electron chi connectivity index (χ0n) is 12.4.